The lowest BCUT2D eigenvalue weighted by atomic mass is 9.62. The van der Waals surface area contributed by atoms with E-state index in [1.165, 1.54) is 6.42 Å². The van der Waals surface area contributed by atoms with E-state index in [4.69, 9.17) is 10.5 Å². The first-order chi connectivity index (χ1) is 10.3. The van der Waals surface area contributed by atoms with Crippen molar-refractivity contribution in [2.45, 2.75) is 57.5 Å². The summed E-state index contributed by atoms with van der Waals surface area (Å²) in [7, 11) is 0. The van der Waals surface area contributed by atoms with Crippen LogP contribution in [-0.2, 0) is 10.2 Å². The van der Waals surface area contributed by atoms with Gasteiger partial charge < -0.3 is 15.6 Å². The van der Waals surface area contributed by atoms with Crippen LogP contribution in [0.5, 0.6) is 5.75 Å². The Morgan fingerprint density at radius 1 is 1.41 bits per heavy atom. The maximum atomic E-state index is 11.8. The van der Waals surface area contributed by atoms with Crippen molar-refractivity contribution in [1.82, 2.24) is 0 Å². The molecule has 0 bridgehead atoms. The Balaban J connectivity index is 2.11. The number of nitrogens with two attached hydrogens (primary N) is 1. The van der Waals surface area contributed by atoms with Gasteiger partial charge in [0, 0.05) is 0 Å². The van der Waals surface area contributed by atoms with E-state index in [0.717, 1.165) is 24.8 Å². The fourth-order valence-electron chi connectivity index (χ4n) is 2.94. The summed E-state index contributed by atoms with van der Waals surface area (Å²) in [5.41, 5.74) is 6.69. The fraction of sp³-hybridized carbons (Fsp3) is 0.588. The second kappa shape index (κ2) is 6.16. The summed E-state index contributed by atoms with van der Waals surface area (Å²) < 4.78 is 5.19. The van der Waals surface area contributed by atoms with E-state index in [1.807, 2.05) is 6.07 Å². The van der Waals surface area contributed by atoms with Gasteiger partial charge in [-0.25, -0.2) is 4.79 Å². The van der Waals surface area contributed by atoms with Crippen molar-refractivity contribution in [3.8, 4) is 5.75 Å². The number of carbonyl (C=O) groups excluding carboxylic acids is 1. The number of phenolic OH excluding ortho intramolecular Hbond substituents is 1. The van der Waals surface area contributed by atoms with Crippen LogP contribution < -0.4 is 11.1 Å². The molecule has 0 unspecified atom stereocenters. The largest absolute Gasteiger partial charge is 0.506 e. The highest BCUT2D eigenvalue weighted by Crippen LogP contribution is 2.47. The zero-order chi connectivity index (χ0) is 16.4. The molecule has 0 radical (unpaired) electrons. The second-order valence-electron chi connectivity index (χ2n) is 7.03. The third kappa shape index (κ3) is 3.71. The molecule has 1 aromatic rings. The maximum Gasteiger partial charge on any atom is 0.412 e. The Morgan fingerprint density at radius 3 is 2.55 bits per heavy atom. The van der Waals surface area contributed by atoms with Gasteiger partial charge in [0.05, 0.1) is 5.69 Å². The highest BCUT2D eigenvalue weighted by molar-refractivity contribution is 5.87. The van der Waals surface area contributed by atoms with Gasteiger partial charge in [-0.15, -0.1) is 0 Å². The first-order valence-corrected chi connectivity index (χ1v) is 7.79. The van der Waals surface area contributed by atoms with E-state index >= 15 is 0 Å². The van der Waals surface area contributed by atoms with E-state index in [1.54, 1.807) is 32.9 Å². The Morgan fingerprint density at radius 2 is 2.09 bits per heavy atom. The van der Waals surface area contributed by atoms with E-state index < -0.39 is 11.7 Å². The minimum Gasteiger partial charge on any atom is -0.506 e. The van der Waals surface area contributed by atoms with Gasteiger partial charge in [-0.2, -0.15) is 0 Å². The highest BCUT2D eigenvalue weighted by Gasteiger charge is 2.38. The number of ether oxygens (including phenoxy) is 1. The zero-order valence-corrected chi connectivity index (χ0v) is 13.6. The van der Waals surface area contributed by atoms with Crippen molar-refractivity contribution < 1.29 is 14.6 Å². The third-order valence-corrected chi connectivity index (χ3v) is 4.18. The number of carbonyl (C=O) groups is 1. The lowest BCUT2D eigenvalue weighted by Crippen LogP contribution is -2.36. The third-order valence-electron chi connectivity index (χ3n) is 4.18. The molecule has 0 atom stereocenters. The van der Waals surface area contributed by atoms with Crippen molar-refractivity contribution in [2.24, 2.45) is 5.73 Å². The SMILES string of the molecule is CC(C)(C)OC(=O)Nc1ccc(C2(CCN)CCC2)cc1O. The molecule has 22 heavy (non-hydrogen) atoms. The smallest absolute Gasteiger partial charge is 0.412 e. The molecule has 1 aliphatic carbocycles. The van der Waals surface area contributed by atoms with Crippen LogP contribution in [0, 0.1) is 0 Å². The molecule has 2 rings (SSSR count). The topological polar surface area (TPSA) is 84.6 Å². The number of rotatable bonds is 4. The minimum absolute atomic E-state index is 0.0617. The van der Waals surface area contributed by atoms with Crippen LogP contribution in [0.2, 0.25) is 0 Å². The summed E-state index contributed by atoms with van der Waals surface area (Å²) >= 11 is 0. The number of benzene rings is 1. The second-order valence-corrected chi connectivity index (χ2v) is 7.03. The number of amides is 1. The Hall–Kier alpha value is -1.75. The summed E-state index contributed by atoms with van der Waals surface area (Å²) in [6.45, 7) is 6.02. The standard InChI is InChI=1S/C17H26N2O3/c1-16(2,3)22-15(21)19-13-6-5-12(11-14(13)20)17(9-10-18)7-4-8-17/h5-6,11,20H,4,7-10,18H2,1-3H3,(H,19,21). The summed E-state index contributed by atoms with van der Waals surface area (Å²) in [6.07, 6.45) is 3.74. The molecule has 0 spiro atoms. The van der Waals surface area contributed by atoms with Gasteiger partial charge in [0.15, 0.2) is 0 Å². The first kappa shape index (κ1) is 16.6. The highest BCUT2D eigenvalue weighted by atomic mass is 16.6. The molecular formula is C17H26N2O3. The Labute approximate surface area is 131 Å². The summed E-state index contributed by atoms with van der Waals surface area (Å²) in [5, 5.41) is 12.8. The van der Waals surface area contributed by atoms with Crippen LogP contribution in [-0.4, -0.2) is 23.3 Å². The summed E-state index contributed by atoms with van der Waals surface area (Å²) in [6, 6.07) is 5.42. The normalized spacial score (nSPS) is 16.7. The molecule has 122 valence electrons. The van der Waals surface area contributed by atoms with Crippen LogP contribution >= 0.6 is 0 Å². The van der Waals surface area contributed by atoms with E-state index in [0.29, 0.717) is 12.2 Å². The minimum atomic E-state index is -0.573. The molecule has 0 aromatic heterocycles. The van der Waals surface area contributed by atoms with Crippen molar-refractivity contribution >= 4 is 11.8 Å². The van der Waals surface area contributed by atoms with Crippen molar-refractivity contribution in [1.29, 1.82) is 0 Å². The van der Waals surface area contributed by atoms with Gasteiger partial charge in [-0.1, -0.05) is 12.5 Å². The number of hydrogen-bond donors (Lipinski definition) is 3. The van der Waals surface area contributed by atoms with Crippen molar-refractivity contribution in [2.75, 3.05) is 11.9 Å². The molecule has 1 aromatic carbocycles. The number of aromatic hydroxyl groups is 1. The number of phenols is 1. The van der Waals surface area contributed by atoms with Crippen LogP contribution in [0.15, 0.2) is 18.2 Å². The van der Waals surface area contributed by atoms with Gasteiger partial charge in [-0.3, -0.25) is 5.32 Å². The monoisotopic (exact) mass is 306 g/mol. The molecule has 5 nitrogen and oxygen atoms in total. The maximum absolute atomic E-state index is 11.8. The molecule has 5 heteroatoms. The Bertz CT molecular complexity index is 545. The van der Waals surface area contributed by atoms with Gasteiger partial charge in [0.1, 0.15) is 11.4 Å². The van der Waals surface area contributed by atoms with Crippen LogP contribution in [0.4, 0.5) is 10.5 Å². The molecule has 0 saturated heterocycles. The molecule has 0 heterocycles. The lowest BCUT2D eigenvalue weighted by Gasteiger charge is -2.42. The molecule has 4 N–H and O–H groups in total. The number of anilines is 1. The molecule has 1 fully saturated rings. The number of nitrogens with one attached hydrogen (secondary N) is 1. The van der Waals surface area contributed by atoms with E-state index in [2.05, 4.69) is 5.32 Å². The zero-order valence-electron chi connectivity index (χ0n) is 13.6. The molecule has 1 aliphatic rings. The van der Waals surface area contributed by atoms with Gasteiger partial charge in [-0.05, 0) is 69.7 Å². The molecular weight excluding hydrogens is 280 g/mol. The Kier molecular flexibility index (Phi) is 4.66. The van der Waals surface area contributed by atoms with Crippen molar-refractivity contribution in [3.05, 3.63) is 23.8 Å². The van der Waals surface area contributed by atoms with Gasteiger partial charge >= 0.3 is 6.09 Å². The average molecular weight is 306 g/mol. The van der Waals surface area contributed by atoms with Crippen LogP contribution in [0.25, 0.3) is 0 Å². The fourth-order valence-corrected chi connectivity index (χ4v) is 2.94. The first-order valence-electron chi connectivity index (χ1n) is 7.79. The summed E-state index contributed by atoms with van der Waals surface area (Å²) in [5.74, 6) is 0.0617. The predicted molar refractivity (Wildman–Crippen MR) is 87.2 cm³/mol. The van der Waals surface area contributed by atoms with Crippen LogP contribution in [0.1, 0.15) is 52.0 Å². The van der Waals surface area contributed by atoms with E-state index in [-0.39, 0.29) is 11.2 Å². The lowest BCUT2D eigenvalue weighted by molar-refractivity contribution is 0.0635. The molecule has 1 amide bonds. The molecule has 1 saturated carbocycles. The van der Waals surface area contributed by atoms with Gasteiger partial charge in [0.2, 0.25) is 0 Å². The van der Waals surface area contributed by atoms with Crippen molar-refractivity contribution in [3.63, 3.8) is 0 Å². The summed E-state index contributed by atoms with van der Waals surface area (Å²) in [4.78, 5) is 11.8. The van der Waals surface area contributed by atoms with E-state index in [9.17, 15) is 9.90 Å². The van der Waals surface area contributed by atoms with Gasteiger partial charge in [0.25, 0.3) is 0 Å². The quantitative estimate of drug-likeness (QED) is 0.743. The van der Waals surface area contributed by atoms with Crippen LogP contribution in [0.3, 0.4) is 0 Å². The average Bonchev–Trinajstić information content (AvgIpc) is 2.34. The predicted octanol–water partition coefficient (Wildman–Crippen LogP) is 3.51. The number of hydrogen-bond acceptors (Lipinski definition) is 4. The molecule has 0 aliphatic heterocycles.